The van der Waals surface area contributed by atoms with Crippen molar-refractivity contribution in [3.05, 3.63) is 42.5 Å². The van der Waals surface area contributed by atoms with Crippen LogP contribution in [0.25, 0.3) is 0 Å². The zero-order valence-electron chi connectivity index (χ0n) is 23.0. The van der Waals surface area contributed by atoms with E-state index in [2.05, 4.69) is 6.08 Å². The van der Waals surface area contributed by atoms with Gasteiger partial charge in [-0.05, 0) is 82.8 Å². The van der Waals surface area contributed by atoms with E-state index in [1.807, 2.05) is 50.3 Å². The van der Waals surface area contributed by atoms with Crippen molar-refractivity contribution in [2.75, 3.05) is 19.8 Å². The predicted octanol–water partition coefficient (Wildman–Crippen LogP) is 5.45. The molecule has 1 unspecified atom stereocenters. The fourth-order valence-electron chi connectivity index (χ4n) is 5.95. The molecule has 2 saturated heterocycles. The summed E-state index contributed by atoms with van der Waals surface area (Å²) in [5, 5.41) is 10.6. The third-order valence-electron chi connectivity index (χ3n) is 7.86. The second-order valence-electron chi connectivity index (χ2n) is 11.3. The first-order valence-electron chi connectivity index (χ1n) is 14.6. The maximum absolute atomic E-state index is 11.9. The minimum atomic E-state index is -0.703. The second-order valence-corrected chi connectivity index (χ2v) is 11.3. The van der Waals surface area contributed by atoms with Crippen LogP contribution in [0.2, 0.25) is 0 Å². The van der Waals surface area contributed by atoms with Crippen molar-refractivity contribution >= 4 is 5.97 Å². The molecule has 1 aromatic carbocycles. The molecule has 0 bridgehead atoms. The minimum Gasteiger partial charge on any atom is -0.491 e. The highest BCUT2D eigenvalue weighted by molar-refractivity contribution is 5.69. The number of aliphatic hydroxyl groups is 1. The van der Waals surface area contributed by atoms with Crippen LogP contribution < -0.4 is 4.74 Å². The number of carbonyl (C=O) groups is 1. The largest absolute Gasteiger partial charge is 0.491 e. The van der Waals surface area contributed by atoms with Gasteiger partial charge in [-0.1, -0.05) is 30.4 Å². The molecule has 2 heterocycles. The van der Waals surface area contributed by atoms with Gasteiger partial charge in [0.15, 0.2) is 6.29 Å². The Hall–Kier alpha value is -1.93. The van der Waals surface area contributed by atoms with E-state index in [0.29, 0.717) is 18.3 Å². The number of hydrogen-bond donors (Lipinski definition) is 1. The van der Waals surface area contributed by atoms with Crippen molar-refractivity contribution in [2.45, 2.75) is 102 Å². The lowest BCUT2D eigenvalue weighted by molar-refractivity contribution is -0.193. The molecular formula is C31H46O7. The van der Waals surface area contributed by atoms with Gasteiger partial charge in [0.2, 0.25) is 0 Å². The van der Waals surface area contributed by atoms with Crippen molar-refractivity contribution in [2.24, 2.45) is 17.8 Å². The van der Waals surface area contributed by atoms with Gasteiger partial charge >= 0.3 is 5.97 Å². The highest BCUT2D eigenvalue weighted by atomic mass is 16.7. The maximum Gasteiger partial charge on any atom is 0.306 e. The molecular weight excluding hydrogens is 484 g/mol. The third kappa shape index (κ3) is 9.08. The number of hydrogen-bond acceptors (Lipinski definition) is 7. The summed E-state index contributed by atoms with van der Waals surface area (Å²) < 4.78 is 29.9. The minimum absolute atomic E-state index is 0.00828. The van der Waals surface area contributed by atoms with Crippen LogP contribution in [0.4, 0.5) is 0 Å². The zero-order chi connectivity index (χ0) is 26.7. The first kappa shape index (κ1) is 29.1. The second kappa shape index (κ2) is 15.0. The van der Waals surface area contributed by atoms with E-state index in [0.717, 1.165) is 70.3 Å². The van der Waals surface area contributed by atoms with Gasteiger partial charge in [0.25, 0.3) is 0 Å². The summed E-state index contributed by atoms with van der Waals surface area (Å²) in [6, 6.07) is 9.55. The number of rotatable bonds is 12. The van der Waals surface area contributed by atoms with Crippen LogP contribution >= 0.6 is 0 Å². The molecule has 0 aromatic heterocycles. The maximum atomic E-state index is 11.9. The van der Waals surface area contributed by atoms with E-state index in [1.165, 1.54) is 0 Å². The predicted molar refractivity (Wildman–Crippen MR) is 145 cm³/mol. The number of ether oxygens (including phenoxy) is 5. The molecule has 3 fully saturated rings. The van der Waals surface area contributed by atoms with Crippen LogP contribution in [0.1, 0.15) is 71.6 Å². The van der Waals surface area contributed by atoms with Gasteiger partial charge in [-0.2, -0.15) is 0 Å². The molecule has 1 aromatic rings. The lowest BCUT2D eigenvalue weighted by atomic mass is 9.86. The quantitative estimate of drug-likeness (QED) is 0.284. The van der Waals surface area contributed by atoms with Gasteiger partial charge in [-0.3, -0.25) is 4.79 Å². The number of aliphatic hydroxyl groups excluding tert-OH is 1. The summed E-state index contributed by atoms with van der Waals surface area (Å²) in [4.78, 5) is 11.9. The van der Waals surface area contributed by atoms with Gasteiger partial charge in [-0.15, -0.1) is 0 Å². The molecule has 0 amide bonds. The van der Waals surface area contributed by atoms with E-state index in [4.69, 9.17) is 23.7 Å². The molecule has 3 aliphatic rings. The van der Waals surface area contributed by atoms with Gasteiger partial charge in [-0.25, -0.2) is 0 Å². The Balaban J connectivity index is 1.33. The van der Waals surface area contributed by atoms with Crippen LogP contribution in [0.15, 0.2) is 42.5 Å². The third-order valence-corrected chi connectivity index (χ3v) is 7.86. The van der Waals surface area contributed by atoms with Crippen molar-refractivity contribution in [3.63, 3.8) is 0 Å². The summed E-state index contributed by atoms with van der Waals surface area (Å²) in [6.45, 7) is 5.44. The Labute approximate surface area is 227 Å². The Morgan fingerprint density at radius 2 is 1.97 bits per heavy atom. The Bertz CT molecular complexity index is 851. The van der Waals surface area contributed by atoms with Crippen LogP contribution in [0.3, 0.4) is 0 Å². The monoisotopic (exact) mass is 530 g/mol. The molecule has 0 spiro atoms. The number of fused-ring (bicyclic) bond motifs is 1. The molecule has 2 aliphatic heterocycles. The standard InChI is InChI=1S/C31H46O7/c1-22(2)37-30(33)12-8-9-23-14-16-26-27(17-15-24(32)21-35-25-10-4-3-5-11-25)29(19-28(26)36-20-23)38-31-13-6-7-18-34-31/h3-5,10-11,15,17,22-24,26-29,31-32H,6-9,12-14,16,18-21H2,1-2H3/t23-,24+,26+,27+,28-,29+,31?/m0/s1. The average molecular weight is 531 g/mol. The van der Waals surface area contributed by atoms with Crippen molar-refractivity contribution in [1.29, 1.82) is 0 Å². The summed E-state index contributed by atoms with van der Waals surface area (Å²) in [5.74, 6) is 1.56. The summed E-state index contributed by atoms with van der Waals surface area (Å²) in [5.41, 5.74) is 0. The summed E-state index contributed by atoms with van der Waals surface area (Å²) >= 11 is 0. The molecule has 1 saturated carbocycles. The molecule has 7 heteroatoms. The summed E-state index contributed by atoms with van der Waals surface area (Å²) in [6.07, 6.45) is 11.6. The average Bonchev–Trinajstić information content (AvgIpc) is 3.10. The molecule has 4 rings (SSSR count). The highest BCUT2D eigenvalue weighted by Crippen LogP contribution is 2.44. The molecule has 212 valence electrons. The van der Waals surface area contributed by atoms with E-state index in [9.17, 15) is 9.90 Å². The topological polar surface area (TPSA) is 83.5 Å². The van der Waals surface area contributed by atoms with E-state index < -0.39 is 6.10 Å². The van der Waals surface area contributed by atoms with E-state index in [-0.39, 0.29) is 43.1 Å². The Morgan fingerprint density at radius 3 is 2.74 bits per heavy atom. The zero-order valence-corrected chi connectivity index (χ0v) is 23.0. The number of carbonyl (C=O) groups excluding carboxylic acids is 1. The van der Waals surface area contributed by atoms with E-state index >= 15 is 0 Å². The van der Waals surface area contributed by atoms with Crippen LogP contribution in [-0.4, -0.2) is 61.6 Å². The smallest absolute Gasteiger partial charge is 0.306 e. The molecule has 1 N–H and O–H groups in total. The molecule has 1 aliphatic carbocycles. The molecule has 38 heavy (non-hydrogen) atoms. The summed E-state index contributed by atoms with van der Waals surface area (Å²) in [7, 11) is 0. The number of benzene rings is 1. The van der Waals surface area contributed by atoms with Gasteiger partial charge in [0.05, 0.1) is 18.3 Å². The lowest BCUT2D eigenvalue weighted by Crippen LogP contribution is -2.31. The van der Waals surface area contributed by atoms with Gasteiger partial charge in [0.1, 0.15) is 18.5 Å². The van der Waals surface area contributed by atoms with Gasteiger partial charge in [0, 0.05) is 32.0 Å². The van der Waals surface area contributed by atoms with Crippen LogP contribution in [-0.2, 0) is 23.7 Å². The van der Waals surface area contributed by atoms with Crippen LogP contribution in [0.5, 0.6) is 5.75 Å². The molecule has 7 atom stereocenters. The Kier molecular flexibility index (Phi) is 11.5. The lowest BCUT2D eigenvalue weighted by Gasteiger charge is -2.29. The van der Waals surface area contributed by atoms with Crippen molar-refractivity contribution < 1.29 is 33.6 Å². The van der Waals surface area contributed by atoms with E-state index in [1.54, 1.807) is 0 Å². The SMILES string of the molecule is CC(C)OC(=O)CCC[C@H]1CC[C@@H]2[C@@H](C=C[C@@H](O)COc3ccccc3)[C@H](OC3CCCCO3)C[C@@H]2OC1. The molecule has 0 radical (unpaired) electrons. The molecule has 7 nitrogen and oxygen atoms in total. The first-order chi connectivity index (χ1) is 18.5. The van der Waals surface area contributed by atoms with Gasteiger partial charge < -0.3 is 28.8 Å². The fourth-order valence-corrected chi connectivity index (χ4v) is 5.95. The number of para-hydroxylation sites is 1. The highest BCUT2D eigenvalue weighted by Gasteiger charge is 2.45. The fraction of sp³-hybridized carbons (Fsp3) is 0.710. The first-order valence-corrected chi connectivity index (χ1v) is 14.6. The van der Waals surface area contributed by atoms with Crippen LogP contribution in [0, 0.1) is 17.8 Å². The number of esters is 1. The van der Waals surface area contributed by atoms with Crippen molar-refractivity contribution in [1.82, 2.24) is 0 Å². The normalized spacial score (nSPS) is 30.6. The Morgan fingerprint density at radius 1 is 1.13 bits per heavy atom. The van der Waals surface area contributed by atoms with Crippen molar-refractivity contribution in [3.8, 4) is 5.75 Å².